The summed E-state index contributed by atoms with van der Waals surface area (Å²) in [6, 6.07) is 5.69. The summed E-state index contributed by atoms with van der Waals surface area (Å²) in [5, 5.41) is 0.200. The zero-order valence-corrected chi connectivity index (χ0v) is 10.7. The van der Waals surface area contributed by atoms with E-state index in [1.54, 1.807) is 12.1 Å². The maximum absolute atomic E-state index is 13.1. The SMILES string of the molecule is Fc1ccc(OCc2cccnc2Cl)cc1C(F)(F)F. The van der Waals surface area contributed by atoms with Gasteiger partial charge in [-0.3, -0.25) is 0 Å². The average Bonchev–Trinajstić information content (AvgIpc) is 2.38. The quantitative estimate of drug-likeness (QED) is 0.616. The van der Waals surface area contributed by atoms with Crippen LogP contribution in [0.2, 0.25) is 5.15 Å². The van der Waals surface area contributed by atoms with Gasteiger partial charge in [-0.1, -0.05) is 17.7 Å². The number of rotatable bonds is 3. The molecule has 0 aliphatic rings. The standard InChI is InChI=1S/C13H8ClF4NO/c14-12-8(2-1-5-19-12)7-20-9-3-4-11(15)10(6-9)13(16,17)18/h1-6H,7H2. The van der Waals surface area contributed by atoms with Crippen LogP contribution in [0, 0.1) is 5.82 Å². The van der Waals surface area contributed by atoms with Crippen molar-refractivity contribution in [2.75, 3.05) is 0 Å². The second-order valence-corrected chi connectivity index (χ2v) is 4.24. The van der Waals surface area contributed by atoms with E-state index in [9.17, 15) is 17.6 Å². The average molecular weight is 306 g/mol. The van der Waals surface area contributed by atoms with Crippen molar-refractivity contribution in [1.82, 2.24) is 4.98 Å². The number of halogens is 5. The van der Waals surface area contributed by atoms with Crippen LogP contribution in [0.5, 0.6) is 5.75 Å². The fourth-order valence-corrected chi connectivity index (χ4v) is 1.67. The van der Waals surface area contributed by atoms with Gasteiger partial charge in [-0.25, -0.2) is 9.37 Å². The van der Waals surface area contributed by atoms with Crippen LogP contribution in [0.3, 0.4) is 0 Å². The van der Waals surface area contributed by atoms with Crippen LogP contribution in [-0.2, 0) is 12.8 Å². The predicted molar refractivity (Wildman–Crippen MR) is 65.0 cm³/mol. The molecule has 1 heterocycles. The highest BCUT2D eigenvalue weighted by atomic mass is 35.5. The molecule has 0 spiro atoms. The molecule has 7 heteroatoms. The summed E-state index contributed by atoms with van der Waals surface area (Å²) < 4.78 is 55.8. The third kappa shape index (κ3) is 3.39. The first kappa shape index (κ1) is 14.6. The molecule has 0 saturated heterocycles. The van der Waals surface area contributed by atoms with Crippen LogP contribution in [0.4, 0.5) is 17.6 Å². The lowest BCUT2D eigenvalue weighted by atomic mass is 10.2. The van der Waals surface area contributed by atoms with Gasteiger partial charge in [0, 0.05) is 11.8 Å². The Morgan fingerprint density at radius 2 is 1.95 bits per heavy atom. The predicted octanol–water partition coefficient (Wildman–Crippen LogP) is 4.47. The zero-order valence-electron chi connectivity index (χ0n) is 9.92. The molecule has 1 aromatic heterocycles. The van der Waals surface area contributed by atoms with Crippen molar-refractivity contribution in [3.63, 3.8) is 0 Å². The maximum Gasteiger partial charge on any atom is 0.419 e. The van der Waals surface area contributed by atoms with Crippen molar-refractivity contribution in [3.8, 4) is 5.75 Å². The molecule has 0 radical (unpaired) electrons. The minimum absolute atomic E-state index is 0.0599. The molecule has 0 saturated carbocycles. The summed E-state index contributed by atoms with van der Waals surface area (Å²) in [6.07, 6.45) is -3.29. The van der Waals surface area contributed by atoms with Gasteiger partial charge in [0.15, 0.2) is 0 Å². The smallest absolute Gasteiger partial charge is 0.419 e. The highest BCUT2D eigenvalue weighted by Gasteiger charge is 2.34. The molecule has 2 aromatic rings. The van der Waals surface area contributed by atoms with Crippen LogP contribution < -0.4 is 4.74 Å². The lowest BCUT2D eigenvalue weighted by Gasteiger charge is -2.11. The van der Waals surface area contributed by atoms with Gasteiger partial charge in [-0.2, -0.15) is 13.2 Å². The number of hydrogen-bond acceptors (Lipinski definition) is 2. The molecule has 0 N–H and O–H groups in total. The molecule has 20 heavy (non-hydrogen) atoms. The van der Waals surface area contributed by atoms with Crippen LogP contribution >= 0.6 is 11.6 Å². The number of pyridine rings is 1. The normalized spacial score (nSPS) is 11.4. The van der Waals surface area contributed by atoms with Crippen molar-refractivity contribution in [2.24, 2.45) is 0 Å². The summed E-state index contributed by atoms with van der Waals surface area (Å²) in [5.74, 6) is -1.44. The Morgan fingerprint density at radius 1 is 1.20 bits per heavy atom. The molecule has 2 rings (SSSR count). The molecule has 0 aliphatic carbocycles. The molecule has 0 bridgehead atoms. The number of hydrogen-bond donors (Lipinski definition) is 0. The topological polar surface area (TPSA) is 22.1 Å². The molecule has 0 amide bonds. The van der Waals surface area contributed by atoms with Gasteiger partial charge in [-0.15, -0.1) is 0 Å². The fourth-order valence-electron chi connectivity index (χ4n) is 1.50. The largest absolute Gasteiger partial charge is 0.489 e. The summed E-state index contributed by atoms with van der Waals surface area (Å²) >= 11 is 5.79. The Morgan fingerprint density at radius 3 is 2.60 bits per heavy atom. The lowest BCUT2D eigenvalue weighted by molar-refractivity contribution is -0.140. The molecular formula is C13H8ClF4NO. The Kier molecular flexibility index (Phi) is 4.13. The summed E-state index contributed by atoms with van der Waals surface area (Å²) in [5.41, 5.74) is -0.848. The summed E-state index contributed by atoms with van der Waals surface area (Å²) in [4.78, 5) is 3.81. The van der Waals surface area contributed by atoms with E-state index >= 15 is 0 Å². The molecule has 106 valence electrons. The number of aromatic nitrogens is 1. The Labute approximate surface area is 117 Å². The highest BCUT2D eigenvalue weighted by molar-refractivity contribution is 6.30. The molecule has 0 unspecified atom stereocenters. The Hall–Kier alpha value is -1.82. The number of benzene rings is 1. The van der Waals surface area contributed by atoms with Gasteiger partial charge < -0.3 is 4.74 Å². The second kappa shape index (κ2) is 5.66. The Bertz CT molecular complexity index is 616. The highest BCUT2D eigenvalue weighted by Crippen LogP contribution is 2.33. The van der Waals surface area contributed by atoms with E-state index in [1.165, 1.54) is 6.20 Å². The Balaban J connectivity index is 2.17. The van der Waals surface area contributed by atoms with E-state index in [0.29, 0.717) is 17.7 Å². The van der Waals surface area contributed by atoms with Gasteiger partial charge in [0.05, 0.1) is 5.56 Å². The maximum atomic E-state index is 13.1. The molecule has 0 atom stereocenters. The minimum Gasteiger partial charge on any atom is -0.489 e. The third-order valence-corrected chi connectivity index (χ3v) is 2.81. The van der Waals surface area contributed by atoms with Gasteiger partial charge in [0.2, 0.25) is 0 Å². The van der Waals surface area contributed by atoms with E-state index in [4.69, 9.17) is 16.3 Å². The van der Waals surface area contributed by atoms with Gasteiger partial charge in [0.25, 0.3) is 0 Å². The van der Waals surface area contributed by atoms with E-state index in [2.05, 4.69) is 4.98 Å². The minimum atomic E-state index is -4.77. The van der Waals surface area contributed by atoms with Crippen molar-refractivity contribution in [3.05, 3.63) is 58.6 Å². The van der Waals surface area contributed by atoms with E-state index in [0.717, 1.165) is 6.07 Å². The molecule has 0 aliphatic heterocycles. The van der Waals surface area contributed by atoms with Gasteiger partial charge in [0.1, 0.15) is 23.3 Å². The first-order chi connectivity index (χ1) is 9.38. The number of nitrogens with zero attached hydrogens (tertiary/aromatic N) is 1. The monoisotopic (exact) mass is 305 g/mol. The fraction of sp³-hybridized carbons (Fsp3) is 0.154. The van der Waals surface area contributed by atoms with Gasteiger partial charge in [-0.05, 0) is 24.3 Å². The van der Waals surface area contributed by atoms with E-state index in [-0.39, 0.29) is 17.5 Å². The first-order valence-corrected chi connectivity index (χ1v) is 5.84. The van der Waals surface area contributed by atoms with Crippen LogP contribution in [0.25, 0.3) is 0 Å². The third-order valence-electron chi connectivity index (χ3n) is 2.47. The van der Waals surface area contributed by atoms with Crippen LogP contribution in [-0.4, -0.2) is 4.98 Å². The first-order valence-electron chi connectivity index (χ1n) is 5.47. The van der Waals surface area contributed by atoms with Crippen molar-refractivity contribution in [2.45, 2.75) is 12.8 Å². The van der Waals surface area contributed by atoms with Crippen molar-refractivity contribution in [1.29, 1.82) is 0 Å². The summed E-state index contributed by atoms with van der Waals surface area (Å²) in [7, 11) is 0. The van der Waals surface area contributed by atoms with Gasteiger partial charge >= 0.3 is 6.18 Å². The van der Waals surface area contributed by atoms with E-state index in [1.807, 2.05) is 0 Å². The van der Waals surface area contributed by atoms with E-state index < -0.39 is 17.6 Å². The zero-order chi connectivity index (χ0) is 14.8. The van der Waals surface area contributed by atoms with Crippen molar-refractivity contribution < 1.29 is 22.3 Å². The van der Waals surface area contributed by atoms with Crippen LogP contribution in [0.1, 0.15) is 11.1 Å². The lowest BCUT2D eigenvalue weighted by Crippen LogP contribution is -2.08. The number of alkyl halides is 3. The molecule has 0 fully saturated rings. The second-order valence-electron chi connectivity index (χ2n) is 3.88. The van der Waals surface area contributed by atoms with Crippen molar-refractivity contribution >= 4 is 11.6 Å². The molecule has 2 nitrogen and oxygen atoms in total. The van der Waals surface area contributed by atoms with Crippen LogP contribution in [0.15, 0.2) is 36.5 Å². The summed E-state index contributed by atoms with van der Waals surface area (Å²) in [6.45, 7) is -0.0599. The molecule has 1 aromatic carbocycles. The number of ether oxygens (including phenoxy) is 1. The molecular weight excluding hydrogens is 298 g/mol.